The van der Waals surface area contributed by atoms with Gasteiger partial charge in [-0.15, -0.1) is 0 Å². The maximum absolute atomic E-state index is 10.3. The smallest absolute Gasteiger partial charge is 0.333 e. The van der Waals surface area contributed by atoms with E-state index in [9.17, 15) is 4.79 Å². The lowest BCUT2D eigenvalue weighted by Crippen LogP contribution is -2.59. The van der Waals surface area contributed by atoms with Crippen LogP contribution in [0.25, 0.3) is 0 Å². The van der Waals surface area contributed by atoms with Gasteiger partial charge in [-0.3, -0.25) is 0 Å². The van der Waals surface area contributed by atoms with Crippen molar-refractivity contribution in [3.05, 3.63) is 0 Å². The summed E-state index contributed by atoms with van der Waals surface area (Å²) < 4.78 is 0. The summed E-state index contributed by atoms with van der Waals surface area (Å²) >= 11 is 0. The van der Waals surface area contributed by atoms with E-state index in [1.165, 1.54) is 0 Å². The predicted molar refractivity (Wildman–Crippen MR) is 41.0 cm³/mol. The normalized spacial score (nSPS) is 15.5. The predicted octanol–water partition coefficient (Wildman–Crippen LogP) is -2.09. The summed E-state index contributed by atoms with van der Waals surface area (Å²) in [4.78, 5) is 10.3. The third kappa shape index (κ3) is 2.71. The fourth-order valence-electron chi connectivity index (χ4n) is 0.924. The molecule has 0 spiro atoms. The maximum atomic E-state index is 10.3. The van der Waals surface area contributed by atoms with Gasteiger partial charge in [0.2, 0.25) is 0 Å². The first-order valence-electron chi connectivity index (χ1n) is 3.84. The van der Waals surface area contributed by atoms with Crippen molar-refractivity contribution in [3.63, 3.8) is 0 Å². The van der Waals surface area contributed by atoms with E-state index in [-0.39, 0.29) is 12.7 Å². The Kier molecular flexibility index (Phi) is 3.95. The third-order valence-corrected chi connectivity index (χ3v) is 1.77. The Morgan fingerprint density at radius 1 is 1.23 bits per heavy atom. The molecule has 0 amide bonds. The number of hydrogen-bond acceptors (Lipinski definition) is 6. The number of rotatable bonds is 5. The average molecular weight is 194 g/mol. The SMILES string of the molecule is CCCC(C=O)C(O)(O)C(O)(O)O. The Bertz CT molecular complexity index is 170. The Morgan fingerprint density at radius 2 is 1.69 bits per heavy atom. The first kappa shape index (κ1) is 12.5. The van der Waals surface area contributed by atoms with Crippen LogP contribution in [0.4, 0.5) is 0 Å². The van der Waals surface area contributed by atoms with E-state index >= 15 is 0 Å². The minimum atomic E-state index is -3.70. The molecule has 0 aliphatic carbocycles. The number of aliphatic hydroxyl groups is 5. The second kappa shape index (κ2) is 4.12. The number of carbonyl (C=O) groups excluding carboxylic acids is 1. The minimum Gasteiger partial charge on any atom is -0.359 e. The molecule has 0 fully saturated rings. The van der Waals surface area contributed by atoms with Gasteiger partial charge in [0.15, 0.2) is 0 Å². The zero-order valence-corrected chi connectivity index (χ0v) is 7.21. The van der Waals surface area contributed by atoms with E-state index in [1.54, 1.807) is 6.92 Å². The summed E-state index contributed by atoms with van der Waals surface area (Å²) in [6.07, 6.45) is 0.614. The Balaban J connectivity index is 4.66. The summed E-state index contributed by atoms with van der Waals surface area (Å²) in [6, 6.07) is 0. The lowest BCUT2D eigenvalue weighted by molar-refractivity contribution is -0.455. The molecule has 0 aromatic carbocycles. The molecule has 1 atom stereocenters. The second-order valence-corrected chi connectivity index (χ2v) is 2.89. The molecule has 5 N–H and O–H groups in total. The molecular formula is C7H14O6. The summed E-state index contributed by atoms with van der Waals surface area (Å²) in [5.74, 6) is -8.39. The zero-order valence-electron chi connectivity index (χ0n) is 7.21. The van der Waals surface area contributed by atoms with Crippen molar-refractivity contribution in [2.75, 3.05) is 0 Å². The molecule has 78 valence electrons. The highest BCUT2D eigenvalue weighted by molar-refractivity contribution is 5.55. The van der Waals surface area contributed by atoms with E-state index < -0.39 is 17.7 Å². The molecule has 0 aromatic rings. The van der Waals surface area contributed by atoms with Crippen molar-refractivity contribution >= 4 is 6.29 Å². The lowest BCUT2D eigenvalue weighted by Gasteiger charge is -2.33. The molecule has 6 nitrogen and oxygen atoms in total. The van der Waals surface area contributed by atoms with Gasteiger partial charge in [-0.1, -0.05) is 13.3 Å². The molecule has 0 aliphatic heterocycles. The Labute approximate surface area is 75.1 Å². The van der Waals surface area contributed by atoms with Crippen LogP contribution in [0.2, 0.25) is 0 Å². The van der Waals surface area contributed by atoms with Gasteiger partial charge in [-0.05, 0) is 6.42 Å². The second-order valence-electron chi connectivity index (χ2n) is 2.89. The van der Waals surface area contributed by atoms with Crippen molar-refractivity contribution < 1.29 is 30.3 Å². The Hall–Kier alpha value is -0.530. The highest BCUT2D eigenvalue weighted by Gasteiger charge is 2.52. The average Bonchev–Trinajstić information content (AvgIpc) is 1.97. The molecule has 0 saturated carbocycles. The van der Waals surface area contributed by atoms with Gasteiger partial charge >= 0.3 is 5.97 Å². The quantitative estimate of drug-likeness (QED) is 0.253. The topological polar surface area (TPSA) is 118 Å². The van der Waals surface area contributed by atoms with Crippen LogP contribution in [0.3, 0.4) is 0 Å². The molecule has 0 rings (SSSR count). The van der Waals surface area contributed by atoms with Gasteiger partial charge in [0.25, 0.3) is 5.79 Å². The Morgan fingerprint density at radius 3 is 1.92 bits per heavy atom. The fraction of sp³-hybridized carbons (Fsp3) is 0.857. The monoisotopic (exact) mass is 194 g/mol. The van der Waals surface area contributed by atoms with Gasteiger partial charge in [0, 0.05) is 0 Å². The third-order valence-electron chi connectivity index (χ3n) is 1.77. The zero-order chi connectivity index (χ0) is 10.7. The molecule has 0 saturated heterocycles. The summed E-state index contributed by atoms with van der Waals surface area (Å²) in [5.41, 5.74) is 0. The van der Waals surface area contributed by atoms with Crippen LogP contribution >= 0.6 is 0 Å². The van der Waals surface area contributed by atoms with Crippen LogP contribution in [-0.2, 0) is 4.79 Å². The highest BCUT2D eigenvalue weighted by atomic mass is 16.7. The molecule has 0 radical (unpaired) electrons. The van der Waals surface area contributed by atoms with Crippen molar-refractivity contribution in [1.82, 2.24) is 0 Å². The first-order valence-corrected chi connectivity index (χ1v) is 3.84. The number of carbonyl (C=O) groups is 1. The van der Waals surface area contributed by atoms with E-state index in [2.05, 4.69) is 0 Å². The van der Waals surface area contributed by atoms with Crippen LogP contribution in [0.15, 0.2) is 0 Å². The van der Waals surface area contributed by atoms with Gasteiger partial charge in [0.05, 0.1) is 5.92 Å². The lowest BCUT2D eigenvalue weighted by atomic mass is 9.93. The van der Waals surface area contributed by atoms with Gasteiger partial charge in [0.1, 0.15) is 6.29 Å². The molecule has 0 aromatic heterocycles. The summed E-state index contributed by atoms with van der Waals surface area (Å²) in [5, 5.41) is 43.6. The van der Waals surface area contributed by atoms with E-state index in [4.69, 9.17) is 25.5 Å². The van der Waals surface area contributed by atoms with Crippen LogP contribution in [-0.4, -0.2) is 43.6 Å². The van der Waals surface area contributed by atoms with Crippen molar-refractivity contribution in [2.24, 2.45) is 5.92 Å². The van der Waals surface area contributed by atoms with Crippen molar-refractivity contribution in [3.8, 4) is 0 Å². The van der Waals surface area contributed by atoms with Crippen LogP contribution in [0, 0.1) is 5.92 Å². The van der Waals surface area contributed by atoms with E-state index in [1.807, 2.05) is 0 Å². The van der Waals surface area contributed by atoms with Crippen LogP contribution in [0.5, 0.6) is 0 Å². The first-order chi connectivity index (χ1) is 5.77. The number of hydrogen-bond donors (Lipinski definition) is 5. The molecule has 0 bridgehead atoms. The summed E-state index contributed by atoms with van der Waals surface area (Å²) in [6.45, 7) is 1.67. The largest absolute Gasteiger partial charge is 0.359 e. The van der Waals surface area contributed by atoms with E-state index in [0.29, 0.717) is 6.42 Å². The minimum absolute atomic E-state index is 0.0277. The molecule has 0 heterocycles. The molecular weight excluding hydrogens is 180 g/mol. The standard InChI is InChI=1S/C7H14O6/c1-2-3-5(4-8)6(9,10)7(11,12)13/h4-5,9-13H,2-3H2,1H3. The molecule has 0 aliphatic rings. The maximum Gasteiger partial charge on any atom is 0.333 e. The van der Waals surface area contributed by atoms with Crippen molar-refractivity contribution in [2.45, 2.75) is 31.5 Å². The van der Waals surface area contributed by atoms with Gasteiger partial charge < -0.3 is 30.3 Å². The van der Waals surface area contributed by atoms with Crippen LogP contribution < -0.4 is 0 Å². The molecule has 1 unspecified atom stereocenters. The van der Waals surface area contributed by atoms with E-state index in [0.717, 1.165) is 0 Å². The molecule has 13 heavy (non-hydrogen) atoms. The highest BCUT2D eigenvalue weighted by Crippen LogP contribution is 2.25. The van der Waals surface area contributed by atoms with Gasteiger partial charge in [-0.25, -0.2) is 0 Å². The summed E-state index contributed by atoms with van der Waals surface area (Å²) in [7, 11) is 0. The fourth-order valence-corrected chi connectivity index (χ4v) is 0.924. The molecule has 6 heteroatoms. The van der Waals surface area contributed by atoms with Crippen LogP contribution in [0.1, 0.15) is 19.8 Å². The van der Waals surface area contributed by atoms with Gasteiger partial charge in [-0.2, -0.15) is 0 Å². The van der Waals surface area contributed by atoms with Crippen molar-refractivity contribution in [1.29, 1.82) is 0 Å². The number of aldehydes is 1.